The summed E-state index contributed by atoms with van der Waals surface area (Å²) in [4.78, 5) is 47.1. The summed E-state index contributed by atoms with van der Waals surface area (Å²) in [5.41, 5.74) is 1.78. The van der Waals surface area contributed by atoms with Crippen molar-refractivity contribution in [2.75, 3.05) is 16.0 Å². The van der Waals surface area contributed by atoms with E-state index in [9.17, 15) is 14.4 Å². The van der Waals surface area contributed by atoms with Crippen molar-refractivity contribution in [2.45, 2.75) is 13.3 Å². The molecule has 3 rings (SSSR count). The zero-order valence-corrected chi connectivity index (χ0v) is 15.6. The SMILES string of the molecule is CC(=O)Nc1ccc(NC(=O)Cc2csc(NC(=O)c3ncccn3)n2)cc1. The minimum absolute atomic E-state index is 0.0414. The van der Waals surface area contributed by atoms with Crippen LogP contribution in [0.2, 0.25) is 0 Å². The average molecular weight is 396 g/mol. The Bertz CT molecular complexity index is 988. The standard InChI is InChI=1S/C18H16N6O3S/c1-11(25)21-12-3-5-13(6-4-12)22-15(26)9-14-10-28-18(23-14)24-17(27)16-19-7-2-8-20-16/h2-8,10H,9H2,1H3,(H,21,25)(H,22,26)(H,23,24,27). The molecule has 28 heavy (non-hydrogen) atoms. The fourth-order valence-corrected chi connectivity index (χ4v) is 2.93. The van der Waals surface area contributed by atoms with Gasteiger partial charge in [0, 0.05) is 36.1 Å². The van der Waals surface area contributed by atoms with Gasteiger partial charge < -0.3 is 10.6 Å². The van der Waals surface area contributed by atoms with Gasteiger partial charge in [-0.25, -0.2) is 15.0 Å². The van der Waals surface area contributed by atoms with Crippen molar-refractivity contribution in [3.63, 3.8) is 0 Å². The van der Waals surface area contributed by atoms with Crippen LogP contribution in [0.25, 0.3) is 0 Å². The van der Waals surface area contributed by atoms with Gasteiger partial charge in [-0.2, -0.15) is 0 Å². The Balaban J connectivity index is 1.53. The van der Waals surface area contributed by atoms with Gasteiger partial charge in [0.2, 0.25) is 17.6 Å². The van der Waals surface area contributed by atoms with Crippen molar-refractivity contribution in [2.24, 2.45) is 0 Å². The molecule has 142 valence electrons. The number of hydrogen-bond acceptors (Lipinski definition) is 7. The van der Waals surface area contributed by atoms with E-state index in [0.29, 0.717) is 22.2 Å². The number of thiazole rings is 1. The zero-order chi connectivity index (χ0) is 19.9. The molecule has 2 aromatic heterocycles. The van der Waals surface area contributed by atoms with Crippen molar-refractivity contribution in [3.05, 3.63) is 59.6 Å². The van der Waals surface area contributed by atoms with Crippen LogP contribution in [0.5, 0.6) is 0 Å². The summed E-state index contributed by atoms with van der Waals surface area (Å²) in [6, 6.07) is 8.38. The molecule has 0 unspecified atom stereocenters. The maximum Gasteiger partial charge on any atom is 0.295 e. The Morgan fingerprint density at radius 3 is 2.25 bits per heavy atom. The number of nitrogens with zero attached hydrogens (tertiary/aromatic N) is 3. The third kappa shape index (κ3) is 5.42. The quantitative estimate of drug-likeness (QED) is 0.587. The number of rotatable bonds is 6. The number of anilines is 3. The predicted octanol–water partition coefficient (Wildman–Crippen LogP) is 2.33. The van der Waals surface area contributed by atoms with Gasteiger partial charge in [-0.3, -0.25) is 19.7 Å². The van der Waals surface area contributed by atoms with Gasteiger partial charge in [-0.05, 0) is 30.3 Å². The lowest BCUT2D eigenvalue weighted by molar-refractivity contribution is -0.116. The fraction of sp³-hybridized carbons (Fsp3) is 0.111. The summed E-state index contributed by atoms with van der Waals surface area (Å²) >= 11 is 1.21. The van der Waals surface area contributed by atoms with E-state index in [1.54, 1.807) is 35.7 Å². The molecule has 0 saturated heterocycles. The minimum atomic E-state index is -0.467. The van der Waals surface area contributed by atoms with Gasteiger partial charge in [0.15, 0.2) is 5.13 Å². The highest BCUT2D eigenvalue weighted by molar-refractivity contribution is 7.14. The first kappa shape index (κ1) is 19.1. The van der Waals surface area contributed by atoms with E-state index in [-0.39, 0.29) is 24.1 Å². The minimum Gasteiger partial charge on any atom is -0.326 e. The van der Waals surface area contributed by atoms with Crippen LogP contribution < -0.4 is 16.0 Å². The maximum absolute atomic E-state index is 12.2. The summed E-state index contributed by atoms with van der Waals surface area (Å²) in [7, 11) is 0. The molecule has 9 nitrogen and oxygen atoms in total. The number of carbonyl (C=O) groups excluding carboxylic acids is 3. The molecule has 0 atom stereocenters. The fourth-order valence-electron chi connectivity index (χ4n) is 2.22. The molecule has 0 bridgehead atoms. The molecule has 1 aromatic carbocycles. The Morgan fingerprint density at radius 1 is 0.964 bits per heavy atom. The van der Waals surface area contributed by atoms with Crippen LogP contribution in [0.4, 0.5) is 16.5 Å². The lowest BCUT2D eigenvalue weighted by atomic mass is 10.2. The topological polar surface area (TPSA) is 126 Å². The summed E-state index contributed by atoms with van der Waals surface area (Å²) in [6.45, 7) is 1.42. The average Bonchev–Trinajstić information content (AvgIpc) is 3.10. The predicted molar refractivity (Wildman–Crippen MR) is 105 cm³/mol. The van der Waals surface area contributed by atoms with Gasteiger partial charge in [0.1, 0.15) is 0 Å². The smallest absolute Gasteiger partial charge is 0.295 e. The monoisotopic (exact) mass is 396 g/mol. The molecule has 10 heteroatoms. The Morgan fingerprint density at radius 2 is 1.61 bits per heavy atom. The Kier molecular flexibility index (Phi) is 6.02. The lowest BCUT2D eigenvalue weighted by Crippen LogP contribution is -2.16. The van der Waals surface area contributed by atoms with E-state index in [4.69, 9.17) is 0 Å². The molecule has 2 heterocycles. The van der Waals surface area contributed by atoms with E-state index in [0.717, 1.165) is 0 Å². The zero-order valence-electron chi connectivity index (χ0n) is 14.8. The van der Waals surface area contributed by atoms with Crippen molar-refractivity contribution < 1.29 is 14.4 Å². The number of aromatic nitrogens is 3. The molecule has 3 amide bonds. The van der Waals surface area contributed by atoms with Gasteiger partial charge in [-0.1, -0.05) is 0 Å². The largest absolute Gasteiger partial charge is 0.326 e. The lowest BCUT2D eigenvalue weighted by Gasteiger charge is -2.06. The summed E-state index contributed by atoms with van der Waals surface area (Å²) in [5.74, 6) is -0.839. The molecule has 0 spiro atoms. The molecule has 0 aliphatic carbocycles. The first-order valence-corrected chi connectivity index (χ1v) is 9.08. The number of hydrogen-bond donors (Lipinski definition) is 3. The molecule has 0 fully saturated rings. The van der Waals surface area contributed by atoms with Crippen molar-refractivity contribution in [3.8, 4) is 0 Å². The molecular formula is C18H16N6O3S. The van der Waals surface area contributed by atoms with E-state index in [1.165, 1.54) is 30.7 Å². The number of nitrogens with one attached hydrogen (secondary N) is 3. The highest BCUT2D eigenvalue weighted by Gasteiger charge is 2.13. The third-order valence-electron chi connectivity index (χ3n) is 3.37. The molecule has 0 radical (unpaired) electrons. The van der Waals surface area contributed by atoms with Crippen molar-refractivity contribution >= 4 is 45.6 Å². The number of carbonyl (C=O) groups is 3. The normalized spacial score (nSPS) is 10.2. The van der Waals surface area contributed by atoms with Gasteiger partial charge in [0.05, 0.1) is 12.1 Å². The second kappa shape index (κ2) is 8.82. The van der Waals surface area contributed by atoms with E-state index < -0.39 is 5.91 Å². The van der Waals surface area contributed by atoms with Crippen LogP contribution in [0.1, 0.15) is 23.2 Å². The molecule has 3 aromatic rings. The molecule has 0 aliphatic heterocycles. The van der Waals surface area contributed by atoms with Crippen molar-refractivity contribution in [1.29, 1.82) is 0 Å². The molecule has 3 N–H and O–H groups in total. The first-order chi connectivity index (χ1) is 13.5. The summed E-state index contributed by atoms with van der Waals surface area (Å²) in [5, 5.41) is 10.1. The van der Waals surface area contributed by atoms with Gasteiger partial charge in [-0.15, -0.1) is 11.3 Å². The second-order valence-electron chi connectivity index (χ2n) is 5.65. The first-order valence-electron chi connectivity index (χ1n) is 8.20. The van der Waals surface area contributed by atoms with Crippen LogP contribution in [0.15, 0.2) is 48.1 Å². The van der Waals surface area contributed by atoms with E-state index in [1.807, 2.05) is 0 Å². The van der Waals surface area contributed by atoms with Crippen LogP contribution in [0.3, 0.4) is 0 Å². The number of amides is 3. The van der Waals surface area contributed by atoms with Crippen LogP contribution >= 0.6 is 11.3 Å². The van der Waals surface area contributed by atoms with Crippen LogP contribution in [-0.2, 0) is 16.0 Å². The maximum atomic E-state index is 12.2. The molecule has 0 saturated carbocycles. The summed E-state index contributed by atoms with van der Waals surface area (Å²) in [6.07, 6.45) is 3.01. The Labute approximate surface area is 164 Å². The molecular weight excluding hydrogens is 380 g/mol. The second-order valence-corrected chi connectivity index (χ2v) is 6.51. The van der Waals surface area contributed by atoms with Gasteiger partial charge in [0.25, 0.3) is 5.91 Å². The van der Waals surface area contributed by atoms with Crippen LogP contribution in [0, 0.1) is 0 Å². The van der Waals surface area contributed by atoms with Gasteiger partial charge >= 0.3 is 0 Å². The van der Waals surface area contributed by atoms with E-state index >= 15 is 0 Å². The van der Waals surface area contributed by atoms with E-state index in [2.05, 4.69) is 30.9 Å². The van der Waals surface area contributed by atoms with Crippen molar-refractivity contribution in [1.82, 2.24) is 15.0 Å². The third-order valence-corrected chi connectivity index (χ3v) is 4.18. The number of benzene rings is 1. The highest BCUT2D eigenvalue weighted by atomic mass is 32.1. The Hall–Kier alpha value is -3.66. The molecule has 0 aliphatic rings. The highest BCUT2D eigenvalue weighted by Crippen LogP contribution is 2.18. The summed E-state index contributed by atoms with van der Waals surface area (Å²) < 4.78 is 0. The van der Waals surface area contributed by atoms with Crippen LogP contribution in [-0.4, -0.2) is 32.7 Å².